The maximum absolute atomic E-state index is 13.5. The van der Waals surface area contributed by atoms with Gasteiger partial charge in [-0.05, 0) is 35.4 Å². The molecule has 2 heterocycles. The molecule has 0 bridgehead atoms. The van der Waals surface area contributed by atoms with Gasteiger partial charge in [0.2, 0.25) is 11.1 Å². The van der Waals surface area contributed by atoms with Gasteiger partial charge in [0.1, 0.15) is 0 Å². The molecule has 9 nitrogen and oxygen atoms in total. The third-order valence-electron chi connectivity index (χ3n) is 6.12. The highest BCUT2D eigenvalue weighted by Gasteiger charge is 2.46. The molecule has 0 saturated carbocycles. The first-order valence-corrected chi connectivity index (χ1v) is 13.9. The number of benzene rings is 2. The maximum Gasteiger partial charge on any atom is 0.325 e. The van der Waals surface area contributed by atoms with Crippen LogP contribution in [0.15, 0.2) is 46.3 Å². The molecule has 1 amide bonds. The Morgan fingerprint density at radius 2 is 1.95 bits per heavy atom. The number of H-pyrrole nitrogens is 1. The standard InChI is InChI=1S/C27H29ClN4O5S/c1-5-8-13-38-27-29-25(35)23-17-11-9-10-12-19(17)31(21(33)6-2)26(32(23)30-27)16-14-18(28)24(20(15-16)36-4)37-22(34)7-3/h9-12,14-15,26H,5-8,13H2,1-4H3/p+1/t26-/m1/s1. The van der Waals surface area contributed by atoms with Crippen LogP contribution in [-0.4, -0.2) is 34.8 Å². The van der Waals surface area contributed by atoms with Gasteiger partial charge < -0.3 is 9.47 Å². The zero-order valence-corrected chi connectivity index (χ0v) is 23.3. The second-order valence-corrected chi connectivity index (χ2v) is 10.1. The number of nitrogens with one attached hydrogen (secondary N) is 1. The minimum Gasteiger partial charge on any atom is -0.493 e. The lowest BCUT2D eigenvalue weighted by Gasteiger charge is -2.32. The fraction of sp³-hybridized carbons (Fsp3) is 0.370. The van der Waals surface area contributed by atoms with Crippen molar-refractivity contribution < 1.29 is 23.7 Å². The fourth-order valence-corrected chi connectivity index (χ4v) is 5.46. The first-order chi connectivity index (χ1) is 18.3. The van der Waals surface area contributed by atoms with E-state index in [1.165, 1.54) is 18.9 Å². The van der Waals surface area contributed by atoms with Crippen molar-refractivity contribution in [2.75, 3.05) is 17.8 Å². The van der Waals surface area contributed by atoms with Crippen LogP contribution in [0.3, 0.4) is 0 Å². The number of methoxy groups -OCH3 is 1. The first kappa shape index (κ1) is 27.7. The second-order valence-electron chi connectivity index (χ2n) is 8.62. The molecule has 1 aliphatic heterocycles. The minimum absolute atomic E-state index is 0.0919. The summed E-state index contributed by atoms with van der Waals surface area (Å²) in [6, 6.07) is 10.5. The topological polar surface area (TPSA) is 105 Å². The van der Waals surface area contributed by atoms with Crippen LogP contribution >= 0.6 is 23.4 Å². The molecule has 0 spiro atoms. The third-order valence-corrected chi connectivity index (χ3v) is 7.35. The molecule has 4 rings (SSSR count). The van der Waals surface area contributed by atoms with Crippen LogP contribution in [0.4, 0.5) is 5.69 Å². The van der Waals surface area contributed by atoms with Crippen LogP contribution in [0, 0.1) is 0 Å². The van der Waals surface area contributed by atoms with Gasteiger partial charge in [0, 0.05) is 23.7 Å². The highest BCUT2D eigenvalue weighted by molar-refractivity contribution is 7.99. The Kier molecular flexibility index (Phi) is 8.73. The summed E-state index contributed by atoms with van der Waals surface area (Å²) in [6.45, 7) is 5.55. The number of unbranched alkanes of at least 4 members (excludes halogenated alkanes) is 1. The van der Waals surface area contributed by atoms with Gasteiger partial charge in [0.05, 0.1) is 28.9 Å². The number of hydrogen-bond acceptors (Lipinski definition) is 7. The summed E-state index contributed by atoms with van der Waals surface area (Å²) in [7, 11) is 1.44. The molecule has 3 aromatic rings. The number of rotatable bonds is 9. The van der Waals surface area contributed by atoms with E-state index in [4.69, 9.17) is 26.2 Å². The zero-order chi connectivity index (χ0) is 27.4. The molecule has 200 valence electrons. The first-order valence-electron chi connectivity index (χ1n) is 12.5. The second kappa shape index (κ2) is 12.0. The van der Waals surface area contributed by atoms with Gasteiger partial charge in [-0.2, -0.15) is 0 Å². The number of hydrogen-bond donors (Lipinski definition) is 1. The molecule has 1 aromatic heterocycles. The molecule has 1 atom stereocenters. The van der Waals surface area contributed by atoms with E-state index in [0.717, 1.165) is 18.6 Å². The molecule has 0 aliphatic carbocycles. The Labute approximate surface area is 230 Å². The van der Waals surface area contributed by atoms with E-state index in [0.29, 0.717) is 27.7 Å². The number of ether oxygens (including phenoxy) is 2. The summed E-state index contributed by atoms with van der Waals surface area (Å²) in [5.41, 5.74) is 1.72. The van der Waals surface area contributed by atoms with Crippen molar-refractivity contribution in [3.8, 4) is 22.8 Å². The van der Waals surface area contributed by atoms with E-state index < -0.39 is 12.1 Å². The van der Waals surface area contributed by atoms with Gasteiger partial charge in [0.25, 0.3) is 6.17 Å². The number of fused-ring (bicyclic) bond motifs is 3. The predicted molar refractivity (Wildman–Crippen MR) is 146 cm³/mol. The molecule has 2 aromatic carbocycles. The number of thioether (sulfide) groups is 1. The maximum atomic E-state index is 13.5. The monoisotopic (exact) mass is 557 g/mol. The van der Waals surface area contributed by atoms with Crippen molar-refractivity contribution in [3.63, 3.8) is 0 Å². The largest absolute Gasteiger partial charge is 0.493 e. The van der Waals surface area contributed by atoms with Crippen molar-refractivity contribution in [1.82, 2.24) is 10.1 Å². The average molecular weight is 558 g/mol. The van der Waals surface area contributed by atoms with Crippen molar-refractivity contribution in [1.29, 1.82) is 0 Å². The van der Waals surface area contributed by atoms with Crippen LogP contribution in [0.25, 0.3) is 11.3 Å². The minimum atomic E-state index is -0.845. The van der Waals surface area contributed by atoms with E-state index in [2.05, 4.69) is 11.9 Å². The van der Waals surface area contributed by atoms with Crippen LogP contribution in [0.1, 0.15) is 58.2 Å². The molecule has 11 heteroatoms. The zero-order valence-electron chi connectivity index (χ0n) is 21.7. The number of esters is 1. The van der Waals surface area contributed by atoms with Gasteiger partial charge in [-0.25, -0.2) is 4.90 Å². The van der Waals surface area contributed by atoms with Gasteiger partial charge in [-0.3, -0.25) is 19.4 Å². The van der Waals surface area contributed by atoms with Crippen LogP contribution in [-0.2, 0) is 9.59 Å². The highest BCUT2D eigenvalue weighted by Crippen LogP contribution is 2.42. The van der Waals surface area contributed by atoms with Crippen molar-refractivity contribution in [3.05, 3.63) is 57.3 Å². The number of aromatic amines is 1. The number of para-hydroxylation sites is 1. The highest BCUT2D eigenvalue weighted by atomic mass is 35.5. The molecule has 38 heavy (non-hydrogen) atoms. The quantitative estimate of drug-likeness (QED) is 0.131. The average Bonchev–Trinajstić information content (AvgIpc) is 2.92. The fourth-order valence-electron chi connectivity index (χ4n) is 4.26. The summed E-state index contributed by atoms with van der Waals surface area (Å²) in [5.74, 6) is 0.471. The van der Waals surface area contributed by atoms with Gasteiger partial charge in [-0.1, -0.05) is 62.7 Å². The number of anilines is 1. The van der Waals surface area contributed by atoms with Crippen molar-refractivity contribution >= 4 is 40.9 Å². The Morgan fingerprint density at radius 1 is 1.18 bits per heavy atom. The summed E-state index contributed by atoms with van der Waals surface area (Å²) in [4.78, 5) is 43.4. The van der Waals surface area contributed by atoms with Crippen molar-refractivity contribution in [2.24, 2.45) is 0 Å². The molecule has 1 aliphatic rings. The lowest BCUT2D eigenvalue weighted by Crippen LogP contribution is -2.60. The summed E-state index contributed by atoms with van der Waals surface area (Å²) in [5, 5.41) is 5.38. The Balaban J connectivity index is 1.98. The number of carbonyl (C=O) groups is 2. The molecular formula is C27H30ClN4O5S+. The number of amides is 1. The molecule has 0 unspecified atom stereocenters. The van der Waals surface area contributed by atoms with E-state index in [1.807, 2.05) is 12.1 Å². The Morgan fingerprint density at radius 3 is 2.63 bits per heavy atom. The van der Waals surface area contributed by atoms with Crippen LogP contribution in [0.5, 0.6) is 11.5 Å². The molecular weight excluding hydrogens is 528 g/mol. The Bertz CT molecular complexity index is 1430. The van der Waals surface area contributed by atoms with Gasteiger partial charge in [0.15, 0.2) is 11.5 Å². The SMILES string of the molecule is CCCCSc1n[n+]2c(c(=O)[nH]1)-c1ccccc1N(C(=O)CC)[C@H]2c1cc(Cl)c(OC(=O)CC)c(OC)c1. The number of aromatic nitrogens is 3. The van der Waals surface area contributed by atoms with Gasteiger partial charge >= 0.3 is 17.2 Å². The van der Waals surface area contributed by atoms with E-state index >= 15 is 0 Å². The number of halogens is 1. The molecule has 0 fully saturated rings. The summed E-state index contributed by atoms with van der Waals surface area (Å²) >= 11 is 8.06. The summed E-state index contributed by atoms with van der Waals surface area (Å²) < 4.78 is 12.5. The molecule has 0 radical (unpaired) electrons. The molecule has 0 saturated heterocycles. The predicted octanol–water partition coefficient (Wildman–Crippen LogP) is 4.90. The lowest BCUT2D eigenvalue weighted by atomic mass is 10.0. The van der Waals surface area contributed by atoms with Crippen molar-refractivity contribution in [2.45, 2.75) is 57.8 Å². The lowest BCUT2D eigenvalue weighted by molar-refractivity contribution is -0.763. The normalized spacial score (nSPS) is 14.0. The number of carbonyl (C=O) groups excluding carboxylic acids is 2. The van der Waals surface area contributed by atoms with Crippen LogP contribution in [0.2, 0.25) is 5.02 Å². The van der Waals surface area contributed by atoms with Gasteiger partial charge in [-0.15, -0.1) is 0 Å². The third kappa shape index (κ3) is 5.28. The number of nitrogens with zero attached hydrogens (tertiary/aromatic N) is 3. The molecule has 1 N–H and O–H groups in total. The Hall–Kier alpha value is -3.37. The summed E-state index contributed by atoms with van der Waals surface area (Å²) in [6.07, 6.45) is 1.51. The van der Waals surface area contributed by atoms with E-state index in [-0.39, 0.29) is 40.8 Å². The van der Waals surface area contributed by atoms with Crippen LogP contribution < -0.4 is 24.6 Å². The smallest absolute Gasteiger partial charge is 0.325 e. The van der Waals surface area contributed by atoms with E-state index in [9.17, 15) is 14.4 Å². The van der Waals surface area contributed by atoms with E-state index in [1.54, 1.807) is 47.7 Å².